The fraction of sp³-hybridized carbons (Fsp3) is 0.150. The van der Waals surface area contributed by atoms with E-state index in [2.05, 4.69) is 10.3 Å². The highest BCUT2D eigenvalue weighted by Gasteiger charge is 2.36. The summed E-state index contributed by atoms with van der Waals surface area (Å²) in [4.78, 5) is 30.8. The highest BCUT2D eigenvalue weighted by Crippen LogP contribution is 2.31. The van der Waals surface area contributed by atoms with Crippen LogP contribution in [0.1, 0.15) is 6.42 Å². The van der Waals surface area contributed by atoms with E-state index in [9.17, 15) is 18.4 Å². The van der Waals surface area contributed by atoms with E-state index < -0.39 is 23.5 Å². The van der Waals surface area contributed by atoms with Gasteiger partial charge in [-0.1, -0.05) is 18.2 Å². The number of anilines is 2. The molecule has 0 saturated carbocycles. The molecule has 1 aliphatic rings. The number of amides is 2. The minimum absolute atomic E-state index is 0.0118. The highest BCUT2D eigenvalue weighted by molar-refractivity contribution is 6.07. The lowest BCUT2D eigenvalue weighted by atomic mass is 10.1. The molecule has 5 nitrogen and oxygen atoms in total. The first-order valence-corrected chi connectivity index (χ1v) is 8.43. The van der Waals surface area contributed by atoms with Crippen LogP contribution in [0.25, 0.3) is 10.9 Å². The molecular formula is C20H15F2N3O2. The maximum absolute atomic E-state index is 13.8. The topological polar surface area (TPSA) is 62.3 Å². The van der Waals surface area contributed by atoms with E-state index in [1.54, 1.807) is 12.3 Å². The van der Waals surface area contributed by atoms with Gasteiger partial charge in [0.05, 0.1) is 22.8 Å². The fourth-order valence-corrected chi connectivity index (χ4v) is 3.25. The third-order valence-electron chi connectivity index (χ3n) is 4.59. The molecule has 1 N–H and O–H groups in total. The molecule has 0 bridgehead atoms. The minimum atomic E-state index is -0.859. The normalized spacial score (nSPS) is 16.7. The van der Waals surface area contributed by atoms with Gasteiger partial charge in [0.15, 0.2) is 0 Å². The molecule has 4 rings (SSSR count). The molecule has 0 spiro atoms. The van der Waals surface area contributed by atoms with Gasteiger partial charge >= 0.3 is 0 Å². The second-order valence-electron chi connectivity index (χ2n) is 6.37. The number of rotatable bonds is 3. The molecule has 1 unspecified atom stereocenters. The van der Waals surface area contributed by atoms with E-state index in [1.165, 1.54) is 4.90 Å². The van der Waals surface area contributed by atoms with Crippen molar-refractivity contribution in [2.75, 3.05) is 16.8 Å². The van der Waals surface area contributed by atoms with Gasteiger partial charge in [-0.25, -0.2) is 8.78 Å². The maximum Gasteiger partial charge on any atom is 0.229 e. The van der Waals surface area contributed by atoms with Crippen LogP contribution in [0.3, 0.4) is 0 Å². The summed E-state index contributed by atoms with van der Waals surface area (Å²) in [5, 5.41) is 3.33. The van der Waals surface area contributed by atoms with Crippen molar-refractivity contribution < 1.29 is 18.4 Å². The number of nitrogens with one attached hydrogen (secondary N) is 1. The Bertz CT molecular complexity index is 1050. The third kappa shape index (κ3) is 3.23. The Morgan fingerprint density at radius 3 is 2.78 bits per heavy atom. The van der Waals surface area contributed by atoms with Gasteiger partial charge < -0.3 is 10.2 Å². The van der Waals surface area contributed by atoms with Crippen molar-refractivity contribution in [2.24, 2.45) is 5.92 Å². The van der Waals surface area contributed by atoms with E-state index in [4.69, 9.17) is 0 Å². The summed E-state index contributed by atoms with van der Waals surface area (Å²) in [6.07, 6.45) is 1.66. The van der Waals surface area contributed by atoms with Gasteiger partial charge in [-0.15, -0.1) is 0 Å². The zero-order valence-electron chi connectivity index (χ0n) is 14.2. The van der Waals surface area contributed by atoms with Gasteiger partial charge in [0, 0.05) is 30.6 Å². The molecule has 7 heteroatoms. The van der Waals surface area contributed by atoms with Crippen LogP contribution in [0.2, 0.25) is 0 Å². The van der Waals surface area contributed by atoms with Gasteiger partial charge in [0.25, 0.3) is 0 Å². The molecule has 136 valence electrons. The van der Waals surface area contributed by atoms with E-state index in [0.29, 0.717) is 17.3 Å². The van der Waals surface area contributed by atoms with Crippen molar-refractivity contribution in [1.29, 1.82) is 0 Å². The van der Waals surface area contributed by atoms with E-state index in [-0.39, 0.29) is 24.6 Å². The van der Waals surface area contributed by atoms with Crippen LogP contribution >= 0.6 is 0 Å². The Hall–Kier alpha value is -3.35. The lowest BCUT2D eigenvalue weighted by Crippen LogP contribution is -2.28. The molecule has 2 aromatic carbocycles. The summed E-state index contributed by atoms with van der Waals surface area (Å²) in [5.74, 6) is -2.91. The van der Waals surface area contributed by atoms with Crippen LogP contribution in [0.15, 0.2) is 54.7 Å². The van der Waals surface area contributed by atoms with E-state index in [1.807, 2.05) is 24.3 Å². The van der Waals surface area contributed by atoms with Crippen LogP contribution in [0.5, 0.6) is 0 Å². The third-order valence-corrected chi connectivity index (χ3v) is 4.59. The Morgan fingerprint density at radius 1 is 1.15 bits per heavy atom. The van der Waals surface area contributed by atoms with Crippen LogP contribution in [-0.4, -0.2) is 23.3 Å². The number of hydrogen-bond donors (Lipinski definition) is 1. The summed E-state index contributed by atoms with van der Waals surface area (Å²) >= 11 is 0. The van der Waals surface area contributed by atoms with Crippen LogP contribution in [0, 0.1) is 17.6 Å². The summed E-state index contributed by atoms with van der Waals surface area (Å²) in [6, 6.07) is 12.1. The first-order chi connectivity index (χ1) is 13.0. The van der Waals surface area contributed by atoms with Gasteiger partial charge in [-0.2, -0.15) is 0 Å². The minimum Gasteiger partial charge on any atom is -0.323 e. The predicted molar refractivity (Wildman–Crippen MR) is 97.2 cm³/mol. The summed E-state index contributed by atoms with van der Waals surface area (Å²) in [7, 11) is 0. The average Bonchev–Trinajstić information content (AvgIpc) is 3.05. The zero-order valence-corrected chi connectivity index (χ0v) is 14.2. The van der Waals surface area contributed by atoms with Crippen molar-refractivity contribution >= 4 is 34.1 Å². The van der Waals surface area contributed by atoms with Gasteiger partial charge in [-0.05, 0) is 24.3 Å². The molecule has 1 aromatic heterocycles. The van der Waals surface area contributed by atoms with Crippen LogP contribution in [-0.2, 0) is 9.59 Å². The number of hydrogen-bond acceptors (Lipinski definition) is 3. The van der Waals surface area contributed by atoms with Crippen molar-refractivity contribution in [2.45, 2.75) is 6.42 Å². The van der Waals surface area contributed by atoms with E-state index >= 15 is 0 Å². The number of carbonyl (C=O) groups is 2. The molecule has 1 fully saturated rings. The number of fused-ring (bicyclic) bond motifs is 1. The van der Waals surface area contributed by atoms with Crippen LogP contribution < -0.4 is 10.2 Å². The van der Waals surface area contributed by atoms with Gasteiger partial charge in [-0.3, -0.25) is 14.6 Å². The number of para-hydroxylation sites is 1. The Labute approximate surface area is 153 Å². The molecule has 0 aliphatic carbocycles. The summed E-state index contributed by atoms with van der Waals surface area (Å²) < 4.78 is 26.7. The van der Waals surface area contributed by atoms with Crippen LogP contribution in [0.4, 0.5) is 20.2 Å². The smallest absolute Gasteiger partial charge is 0.229 e. The van der Waals surface area contributed by atoms with Crippen molar-refractivity contribution in [3.63, 3.8) is 0 Å². The largest absolute Gasteiger partial charge is 0.323 e. The fourth-order valence-electron chi connectivity index (χ4n) is 3.25. The number of pyridine rings is 1. The van der Waals surface area contributed by atoms with E-state index in [0.717, 1.165) is 17.5 Å². The molecule has 27 heavy (non-hydrogen) atoms. The van der Waals surface area contributed by atoms with Crippen molar-refractivity contribution in [3.05, 3.63) is 66.4 Å². The predicted octanol–water partition coefficient (Wildman–Crippen LogP) is 3.50. The Morgan fingerprint density at radius 2 is 1.96 bits per heavy atom. The number of carbonyl (C=O) groups excluding carboxylic acids is 2. The Balaban J connectivity index is 1.56. The number of benzene rings is 2. The molecule has 2 amide bonds. The highest BCUT2D eigenvalue weighted by atomic mass is 19.1. The van der Waals surface area contributed by atoms with Crippen molar-refractivity contribution in [1.82, 2.24) is 4.98 Å². The molecule has 2 heterocycles. The Kier molecular flexibility index (Phi) is 4.27. The monoisotopic (exact) mass is 367 g/mol. The zero-order chi connectivity index (χ0) is 19.0. The SMILES string of the molecule is O=C(Nc1ccc(F)cc1F)C1CC(=O)N(c2cccc3cccnc23)C1. The van der Waals surface area contributed by atoms with Gasteiger partial charge in [0.2, 0.25) is 11.8 Å². The second kappa shape index (κ2) is 6.75. The lowest BCUT2D eigenvalue weighted by molar-refractivity contribution is -0.122. The molecule has 3 aromatic rings. The maximum atomic E-state index is 13.8. The molecule has 1 saturated heterocycles. The number of halogens is 2. The number of nitrogens with zero attached hydrogens (tertiary/aromatic N) is 2. The summed E-state index contributed by atoms with van der Waals surface area (Å²) in [6.45, 7) is 0.170. The molecular weight excluding hydrogens is 352 g/mol. The first kappa shape index (κ1) is 17.1. The molecule has 0 radical (unpaired) electrons. The van der Waals surface area contributed by atoms with Gasteiger partial charge in [0.1, 0.15) is 11.6 Å². The standard InChI is InChI=1S/C20H15F2N3O2/c21-14-6-7-16(15(22)10-14)24-20(27)13-9-18(26)25(11-13)17-5-1-3-12-4-2-8-23-19(12)17/h1-8,10,13H,9,11H2,(H,24,27). The molecule has 1 atom stereocenters. The summed E-state index contributed by atoms with van der Waals surface area (Å²) in [5.41, 5.74) is 1.21. The number of aromatic nitrogens is 1. The second-order valence-corrected chi connectivity index (χ2v) is 6.37. The lowest BCUT2D eigenvalue weighted by Gasteiger charge is -2.18. The van der Waals surface area contributed by atoms with Crippen molar-refractivity contribution in [3.8, 4) is 0 Å². The first-order valence-electron chi connectivity index (χ1n) is 8.43. The quantitative estimate of drug-likeness (QED) is 0.771. The average molecular weight is 367 g/mol. The molecule has 1 aliphatic heterocycles.